The Kier molecular flexibility index (Phi) is 13.6. The Bertz CT molecular complexity index is 2870. The van der Waals surface area contributed by atoms with Gasteiger partial charge in [0.1, 0.15) is 22.1 Å². The van der Waals surface area contributed by atoms with Crippen molar-refractivity contribution >= 4 is 44.2 Å². The number of hydrogen-bond donors (Lipinski definition) is 4. The lowest BCUT2D eigenvalue weighted by atomic mass is 9.59. The van der Waals surface area contributed by atoms with Crippen molar-refractivity contribution in [3.05, 3.63) is 99.6 Å². The molecule has 1 amide bonds. The van der Waals surface area contributed by atoms with E-state index in [-0.39, 0.29) is 63.3 Å². The second kappa shape index (κ2) is 19.4. The second-order valence-corrected chi connectivity index (χ2v) is 22.1. The summed E-state index contributed by atoms with van der Waals surface area (Å²) >= 11 is 0. The standard InChI is InChI=1S/C51H63FN8O9S/c1-6-68-48-44(25-39-41(52)30-55-45(39)56-48)69-43-23-34(58-19-17-51(18-20-58)26-35(27-51)59-21-22-67-31-50(59,5)40-10-8-7-9-37(40)32(2)3)11-12-38(43)47(61)57-70(65,66)36-24-42(60(63)64)46(54-29-36)53-28-33-13-15-49(4,62)16-14-33/h7-12,23-25,29-30,32-33,35,62H,6,13-22,26-28,31H2,1-5H3,(H,53,54)(H,55,56)(H,57,61)/t33?,49?,50-/m0/s1. The zero-order valence-corrected chi connectivity index (χ0v) is 41.2. The monoisotopic (exact) mass is 982 g/mol. The Morgan fingerprint density at radius 3 is 2.51 bits per heavy atom. The number of nitrogens with zero attached hydrogens (tertiary/aromatic N) is 5. The van der Waals surface area contributed by atoms with E-state index in [4.69, 9.17) is 14.2 Å². The molecule has 9 rings (SSSR count). The van der Waals surface area contributed by atoms with E-state index in [9.17, 15) is 32.8 Å². The van der Waals surface area contributed by atoms with E-state index in [1.54, 1.807) is 26.0 Å². The number of rotatable bonds is 15. The number of H-pyrrole nitrogens is 1. The molecule has 2 aromatic carbocycles. The third-order valence-electron chi connectivity index (χ3n) is 15.2. The highest BCUT2D eigenvalue weighted by atomic mass is 32.2. The highest BCUT2D eigenvalue weighted by Crippen LogP contribution is 2.54. The number of pyridine rings is 2. The number of ether oxygens (including phenoxy) is 3. The van der Waals surface area contributed by atoms with Crippen LogP contribution in [0.15, 0.2) is 71.9 Å². The molecule has 4 N–H and O–H groups in total. The zero-order chi connectivity index (χ0) is 49.6. The minimum absolute atomic E-state index is 0.00679. The van der Waals surface area contributed by atoms with Crippen LogP contribution in [0.2, 0.25) is 0 Å². The number of amides is 1. The fourth-order valence-electron chi connectivity index (χ4n) is 11.1. The van der Waals surface area contributed by atoms with Crippen molar-refractivity contribution in [3.63, 3.8) is 0 Å². The summed E-state index contributed by atoms with van der Waals surface area (Å²) in [7, 11) is -4.73. The first-order chi connectivity index (χ1) is 33.4. The van der Waals surface area contributed by atoms with Gasteiger partial charge in [-0.3, -0.25) is 19.8 Å². The highest BCUT2D eigenvalue weighted by Gasteiger charge is 2.52. The minimum atomic E-state index is -4.73. The van der Waals surface area contributed by atoms with Gasteiger partial charge in [-0.15, -0.1) is 0 Å². The van der Waals surface area contributed by atoms with Crippen molar-refractivity contribution in [2.45, 2.75) is 114 Å². The summed E-state index contributed by atoms with van der Waals surface area (Å²) < 4.78 is 63.0. The highest BCUT2D eigenvalue weighted by molar-refractivity contribution is 7.90. The second-order valence-electron chi connectivity index (χ2n) is 20.4. The van der Waals surface area contributed by atoms with Crippen molar-refractivity contribution in [2.75, 3.05) is 56.2 Å². The van der Waals surface area contributed by atoms with E-state index in [1.165, 1.54) is 23.3 Å². The molecule has 5 heterocycles. The van der Waals surface area contributed by atoms with Gasteiger partial charge >= 0.3 is 5.69 Å². The molecule has 0 unspecified atom stereocenters. The van der Waals surface area contributed by atoms with Gasteiger partial charge in [0.05, 0.1) is 53.0 Å². The average molecular weight is 983 g/mol. The number of fused-ring (bicyclic) bond motifs is 1. The van der Waals surface area contributed by atoms with Crippen LogP contribution in [0.25, 0.3) is 11.0 Å². The number of sulfonamides is 1. The third kappa shape index (κ3) is 9.89. The van der Waals surface area contributed by atoms with E-state index in [0.717, 1.165) is 69.5 Å². The number of aromatic amines is 1. The molecule has 4 fully saturated rings. The molecular formula is C51H63FN8O9S. The van der Waals surface area contributed by atoms with E-state index in [2.05, 4.69) is 79.8 Å². The van der Waals surface area contributed by atoms with E-state index in [0.29, 0.717) is 57.4 Å². The van der Waals surface area contributed by atoms with Crippen LogP contribution in [0.3, 0.4) is 0 Å². The number of piperidine rings is 1. The number of carbonyl (C=O) groups excluding carboxylic acids is 1. The number of halogens is 1. The van der Waals surface area contributed by atoms with Crippen molar-refractivity contribution in [1.82, 2.24) is 24.6 Å². The van der Waals surface area contributed by atoms with Crippen molar-refractivity contribution < 1.29 is 41.8 Å². The summed E-state index contributed by atoms with van der Waals surface area (Å²) in [5.74, 6) is -1.29. The van der Waals surface area contributed by atoms with Gasteiger partial charge < -0.3 is 34.5 Å². The number of anilines is 2. The first-order valence-corrected chi connectivity index (χ1v) is 25.8. The lowest BCUT2D eigenvalue weighted by molar-refractivity contribution is -0.384. The smallest absolute Gasteiger partial charge is 0.312 e. The van der Waals surface area contributed by atoms with E-state index in [1.807, 2.05) is 0 Å². The maximum Gasteiger partial charge on any atom is 0.312 e. The molecule has 2 aliphatic heterocycles. The molecule has 0 radical (unpaired) electrons. The van der Waals surface area contributed by atoms with Crippen LogP contribution in [0, 0.1) is 27.3 Å². The molecule has 0 bridgehead atoms. The van der Waals surface area contributed by atoms with Crippen molar-refractivity contribution in [3.8, 4) is 17.4 Å². The summed E-state index contributed by atoms with van der Waals surface area (Å²) in [5.41, 5.74) is 2.07. The summed E-state index contributed by atoms with van der Waals surface area (Å²) in [5, 5.41) is 25.6. The topological polar surface area (TPSA) is 214 Å². The van der Waals surface area contributed by atoms with Crippen LogP contribution in [0.5, 0.6) is 17.4 Å². The maximum absolute atomic E-state index is 14.9. The lowest BCUT2D eigenvalue weighted by Gasteiger charge is -2.60. The molecule has 17 nitrogen and oxygen atoms in total. The van der Waals surface area contributed by atoms with Gasteiger partial charge in [0.15, 0.2) is 5.75 Å². The number of morpholine rings is 1. The molecule has 5 aromatic rings. The molecule has 1 spiro atoms. The zero-order valence-electron chi connectivity index (χ0n) is 40.4. The number of nitrogens with one attached hydrogen (secondary N) is 3. The Morgan fingerprint density at radius 2 is 1.80 bits per heavy atom. The Morgan fingerprint density at radius 1 is 1.06 bits per heavy atom. The number of nitro groups is 1. The minimum Gasteiger partial charge on any atom is -0.475 e. The van der Waals surface area contributed by atoms with Crippen molar-refractivity contribution in [1.29, 1.82) is 0 Å². The summed E-state index contributed by atoms with van der Waals surface area (Å²) in [6, 6.07) is 16.3. The SMILES string of the molecule is CCOc1nc2[nH]cc(F)c2cc1Oc1cc(N2CCC3(CC2)CC(N2CCOC[C@@]2(C)c2ccccc2C(C)C)C3)ccc1C(=O)NS(=O)(=O)c1cnc(NCC2CCC(C)(O)CC2)c([N+](=O)[O-])c1. The fraction of sp³-hybridized carbons (Fsp3) is 0.510. The maximum atomic E-state index is 14.9. The first-order valence-electron chi connectivity index (χ1n) is 24.4. The third-order valence-corrected chi connectivity index (χ3v) is 16.5. The molecule has 1 atom stereocenters. The molecule has 70 heavy (non-hydrogen) atoms. The normalized spacial score (nSPS) is 23.0. The van der Waals surface area contributed by atoms with Crippen LogP contribution in [-0.2, 0) is 20.3 Å². The van der Waals surface area contributed by atoms with Crippen LogP contribution in [0.4, 0.5) is 21.6 Å². The quantitative estimate of drug-likeness (QED) is 0.0570. The molecule has 2 saturated carbocycles. The molecular weight excluding hydrogens is 920 g/mol. The summed E-state index contributed by atoms with van der Waals surface area (Å²) in [6.45, 7) is 14.6. The van der Waals surface area contributed by atoms with Crippen molar-refractivity contribution in [2.24, 2.45) is 11.3 Å². The number of benzene rings is 2. The molecule has 19 heteroatoms. The predicted molar refractivity (Wildman–Crippen MR) is 263 cm³/mol. The van der Waals surface area contributed by atoms with Gasteiger partial charge in [-0.05, 0) is 113 Å². The van der Waals surface area contributed by atoms with E-state index < -0.39 is 42.9 Å². The number of hydrogen-bond acceptors (Lipinski definition) is 14. The number of aliphatic hydroxyl groups is 1. The van der Waals surface area contributed by atoms with Gasteiger partial charge in [0, 0.05) is 62.3 Å². The van der Waals surface area contributed by atoms with Crippen LogP contribution in [0.1, 0.15) is 113 Å². The largest absolute Gasteiger partial charge is 0.475 e. The van der Waals surface area contributed by atoms with Gasteiger partial charge in [-0.1, -0.05) is 38.1 Å². The average Bonchev–Trinajstić information content (AvgIpc) is 3.68. The molecule has 3 aromatic heterocycles. The lowest BCUT2D eigenvalue weighted by Crippen LogP contribution is -2.63. The summed E-state index contributed by atoms with van der Waals surface area (Å²) in [6.07, 6.45) is 8.78. The predicted octanol–water partition coefficient (Wildman–Crippen LogP) is 8.79. The van der Waals surface area contributed by atoms with Gasteiger partial charge in [-0.25, -0.2) is 22.5 Å². The molecule has 2 saturated heterocycles. The Balaban J connectivity index is 0.942. The summed E-state index contributed by atoms with van der Waals surface area (Å²) in [4.78, 5) is 41.2. The molecule has 2 aliphatic carbocycles. The fourth-order valence-corrected chi connectivity index (χ4v) is 12.0. The van der Waals surface area contributed by atoms with Gasteiger partial charge in [0.25, 0.3) is 21.8 Å². The van der Waals surface area contributed by atoms with Crippen LogP contribution < -0.4 is 24.4 Å². The van der Waals surface area contributed by atoms with Gasteiger partial charge in [0.2, 0.25) is 5.82 Å². The Labute approximate surface area is 407 Å². The number of aromatic nitrogens is 3. The molecule has 4 aliphatic rings. The van der Waals surface area contributed by atoms with Crippen LogP contribution >= 0.6 is 0 Å². The van der Waals surface area contributed by atoms with Crippen LogP contribution in [-0.4, -0.2) is 102 Å². The number of carbonyl (C=O) groups is 1. The first kappa shape index (κ1) is 49.1. The Hall–Kier alpha value is -5.89. The molecule has 374 valence electrons. The van der Waals surface area contributed by atoms with E-state index >= 15 is 0 Å². The van der Waals surface area contributed by atoms with Gasteiger partial charge in [-0.2, -0.15) is 4.98 Å².